The predicted octanol–water partition coefficient (Wildman–Crippen LogP) is 2.49. The predicted molar refractivity (Wildman–Crippen MR) is 87.9 cm³/mol. The summed E-state index contributed by atoms with van der Waals surface area (Å²) in [5.41, 5.74) is 0.919. The maximum Gasteiger partial charge on any atom is 0.270 e. The third-order valence-corrected chi connectivity index (χ3v) is 3.14. The molecule has 0 aliphatic rings. The van der Waals surface area contributed by atoms with E-state index in [1.807, 2.05) is 0 Å². The van der Waals surface area contributed by atoms with Crippen molar-refractivity contribution in [3.05, 3.63) is 65.9 Å². The maximum absolute atomic E-state index is 13.6. The highest BCUT2D eigenvalue weighted by molar-refractivity contribution is 5.93. The van der Waals surface area contributed by atoms with Crippen molar-refractivity contribution >= 4 is 11.7 Å². The number of aromatic nitrogens is 2. The van der Waals surface area contributed by atoms with E-state index in [4.69, 9.17) is 0 Å². The molecule has 0 aliphatic carbocycles. The third-order valence-electron chi connectivity index (χ3n) is 3.14. The molecule has 23 heavy (non-hydrogen) atoms. The Kier molecular flexibility index (Phi) is 5.80. The minimum Gasteiger partial charge on any atom is -0.370 e. The average molecular weight is 314 g/mol. The molecule has 5 nitrogen and oxygen atoms in total. The van der Waals surface area contributed by atoms with E-state index in [1.54, 1.807) is 37.3 Å². The molecule has 0 spiro atoms. The zero-order valence-corrected chi connectivity index (χ0v) is 13.0. The third kappa shape index (κ3) is 4.88. The van der Waals surface area contributed by atoms with E-state index in [-0.39, 0.29) is 17.4 Å². The van der Waals surface area contributed by atoms with Crippen molar-refractivity contribution < 1.29 is 9.18 Å². The lowest BCUT2D eigenvalue weighted by Gasteiger charge is -2.09. The second-order valence-corrected chi connectivity index (χ2v) is 4.95. The first-order valence-electron chi connectivity index (χ1n) is 7.32. The Balaban J connectivity index is 2.00. The van der Waals surface area contributed by atoms with Crippen molar-refractivity contribution in [2.75, 3.05) is 18.4 Å². The van der Waals surface area contributed by atoms with Gasteiger partial charge in [-0.25, -0.2) is 14.4 Å². The second-order valence-electron chi connectivity index (χ2n) is 4.95. The minimum atomic E-state index is -0.285. The van der Waals surface area contributed by atoms with Gasteiger partial charge in [0.15, 0.2) is 0 Å². The van der Waals surface area contributed by atoms with E-state index >= 15 is 0 Å². The molecule has 6 heteroatoms. The number of hydrogen-bond acceptors (Lipinski definition) is 4. The summed E-state index contributed by atoms with van der Waals surface area (Å²) in [4.78, 5) is 20.3. The van der Waals surface area contributed by atoms with Gasteiger partial charge in [0.25, 0.3) is 5.91 Å². The van der Waals surface area contributed by atoms with Crippen LogP contribution in [-0.4, -0.2) is 29.0 Å². The molecule has 0 fully saturated rings. The first-order chi connectivity index (χ1) is 11.1. The number of anilines is 1. The summed E-state index contributed by atoms with van der Waals surface area (Å²) >= 11 is 0. The molecule has 2 rings (SSSR count). The molecule has 0 saturated heterocycles. The molecule has 0 atom stereocenters. The van der Waals surface area contributed by atoms with Crippen molar-refractivity contribution in [3.8, 4) is 0 Å². The molecule has 120 valence electrons. The van der Waals surface area contributed by atoms with Gasteiger partial charge in [0.05, 0.1) is 0 Å². The SMILES string of the molecule is C=CCNC(=O)c1cc(NCCc2ccccc2F)nc(C)n1. The lowest BCUT2D eigenvalue weighted by Crippen LogP contribution is -2.25. The Hall–Kier alpha value is -2.76. The van der Waals surface area contributed by atoms with Crippen LogP contribution in [0.25, 0.3) is 0 Å². The minimum absolute atomic E-state index is 0.224. The zero-order chi connectivity index (χ0) is 16.7. The van der Waals surface area contributed by atoms with Crippen LogP contribution in [0.4, 0.5) is 10.2 Å². The van der Waals surface area contributed by atoms with Crippen molar-refractivity contribution in [2.24, 2.45) is 0 Å². The molecule has 1 heterocycles. The lowest BCUT2D eigenvalue weighted by atomic mass is 10.1. The summed E-state index contributed by atoms with van der Waals surface area (Å²) in [6.45, 7) is 6.14. The Bertz CT molecular complexity index is 703. The Labute approximate surface area is 134 Å². The van der Waals surface area contributed by atoms with Crippen LogP contribution in [0.5, 0.6) is 0 Å². The van der Waals surface area contributed by atoms with Crippen molar-refractivity contribution in [3.63, 3.8) is 0 Å². The van der Waals surface area contributed by atoms with Crippen molar-refractivity contribution in [1.29, 1.82) is 0 Å². The number of nitrogens with one attached hydrogen (secondary N) is 2. The quantitative estimate of drug-likeness (QED) is 0.771. The first-order valence-corrected chi connectivity index (χ1v) is 7.32. The van der Waals surface area contributed by atoms with E-state index in [2.05, 4.69) is 27.2 Å². The van der Waals surface area contributed by atoms with Crippen LogP contribution in [0.15, 0.2) is 43.0 Å². The van der Waals surface area contributed by atoms with Gasteiger partial charge in [0.1, 0.15) is 23.2 Å². The number of rotatable bonds is 7. The van der Waals surface area contributed by atoms with Gasteiger partial charge in [-0.05, 0) is 25.0 Å². The Morgan fingerprint density at radius 1 is 1.35 bits per heavy atom. The molecule has 0 saturated carbocycles. The lowest BCUT2D eigenvalue weighted by molar-refractivity contribution is 0.0952. The summed E-state index contributed by atoms with van der Waals surface area (Å²) in [7, 11) is 0. The van der Waals surface area contributed by atoms with E-state index in [9.17, 15) is 9.18 Å². The molecule has 1 amide bonds. The normalized spacial score (nSPS) is 10.2. The van der Waals surface area contributed by atoms with E-state index in [0.29, 0.717) is 36.7 Å². The molecule has 1 aromatic carbocycles. The summed E-state index contributed by atoms with van der Waals surface area (Å²) < 4.78 is 13.6. The van der Waals surface area contributed by atoms with Gasteiger partial charge in [-0.3, -0.25) is 4.79 Å². The van der Waals surface area contributed by atoms with Crippen LogP contribution in [0.1, 0.15) is 21.9 Å². The molecule has 0 bridgehead atoms. The highest BCUT2D eigenvalue weighted by atomic mass is 19.1. The average Bonchev–Trinajstić information content (AvgIpc) is 2.54. The van der Waals surface area contributed by atoms with Gasteiger partial charge in [-0.15, -0.1) is 6.58 Å². The fourth-order valence-electron chi connectivity index (χ4n) is 2.06. The maximum atomic E-state index is 13.6. The van der Waals surface area contributed by atoms with Crippen LogP contribution < -0.4 is 10.6 Å². The number of hydrogen-bond donors (Lipinski definition) is 2. The number of carbonyl (C=O) groups is 1. The Morgan fingerprint density at radius 2 is 2.13 bits per heavy atom. The van der Waals surface area contributed by atoms with Crippen LogP contribution >= 0.6 is 0 Å². The number of aryl methyl sites for hydroxylation is 1. The van der Waals surface area contributed by atoms with Gasteiger partial charge < -0.3 is 10.6 Å². The van der Waals surface area contributed by atoms with Gasteiger partial charge in [0.2, 0.25) is 0 Å². The number of amides is 1. The molecule has 2 N–H and O–H groups in total. The van der Waals surface area contributed by atoms with Gasteiger partial charge in [0, 0.05) is 19.2 Å². The van der Waals surface area contributed by atoms with Gasteiger partial charge in [-0.2, -0.15) is 0 Å². The van der Waals surface area contributed by atoms with E-state index in [1.165, 1.54) is 6.07 Å². The molecule has 0 aliphatic heterocycles. The fourth-order valence-corrected chi connectivity index (χ4v) is 2.06. The fraction of sp³-hybridized carbons (Fsp3) is 0.235. The number of carbonyl (C=O) groups excluding carboxylic acids is 1. The summed E-state index contributed by atoms with van der Waals surface area (Å²) in [6.07, 6.45) is 2.12. The van der Waals surface area contributed by atoms with E-state index in [0.717, 1.165) is 0 Å². The van der Waals surface area contributed by atoms with E-state index < -0.39 is 0 Å². The van der Waals surface area contributed by atoms with Crippen molar-refractivity contribution in [2.45, 2.75) is 13.3 Å². The molecule has 2 aromatic rings. The topological polar surface area (TPSA) is 66.9 Å². The Morgan fingerprint density at radius 3 is 2.87 bits per heavy atom. The monoisotopic (exact) mass is 314 g/mol. The molecular weight excluding hydrogens is 295 g/mol. The number of nitrogens with zero attached hydrogens (tertiary/aromatic N) is 2. The first kappa shape index (κ1) is 16.6. The molecule has 0 unspecified atom stereocenters. The van der Waals surface area contributed by atoms with Gasteiger partial charge in [-0.1, -0.05) is 24.3 Å². The van der Waals surface area contributed by atoms with Crippen molar-refractivity contribution in [1.82, 2.24) is 15.3 Å². The van der Waals surface area contributed by atoms with Crippen LogP contribution in [0.2, 0.25) is 0 Å². The molecule has 1 aromatic heterocycles. The highest BCUT2D eigenvalue weighted by Crippen LogP contribution is 2.10. The standard InChI is InChI=1S/C17H19FN4O/c1-3-9-20-17(23)15-11-16(22-12(2)21-15)19-10-8-13-6-4-5-7-14(13)18/h3-7,11H,1,8-10H2,2H3,(H,20,23)(H,19,21,22). The highest BCUT2D eigenvalue weighted by Gasteiger charge is 2.09. The van der Waals surface area contributed by atoms with Crippen LogP contribution in [0.3, 0.4) is 0 Å². The zero-order valence-electron chi connectivity index (χ0n) is 13.0. The largest absolute Gasteiger partial charge is 0.370 e. The van der Waals surface area contributed by atoms with Gasteiger partial charge >= 0.3 is 0 Å². The van der Waals surface area contributed by atoms with Crippen LogP contribution in [0, 0.1) is 12.7 Å². The summed E-state index contributed by atoms with van der Waals surface area (Å²) in [5.74, 6) is 0.521. The second kappa shape index (κ2) is 8.03. The smallest absolute Gasteiger partial charge is 0.270 e. The number of halogens is 1. The van der Waals surface area contributed by atoms with Crippen LogP contribution in [-0.2, 0) is 6.42 Å². The number of benzene rings is 1. The molecular formula is C17H19FN4O. The molecule has 0 radical (unpaired) electrons. The summed E-state index contributed by atoms with van der Waals surface area (Å²) in [5, 5.41) is 5.76. The summed E-state index contributed by atoms with van der Waals surface area (Å²) in [6, 6.07) is 8.22.